The molecule has 0 heterocycles. The van der Waals surface area contributed by atoms with Crippen LogP contribution in [-0.4, -0.2) is 56.9 Å². The van der Waals surface area contributed by atoms with Crippen LogP contribution in [0.5, 0.6) is 46.0 Å². The van der Waals surface area contributed by atoms with Gasteiger partial charge in [0.2, 0.25) is 0 Å². The average molecular weight is 1360 g/mol. The summed E-state index contributed by atoms with van der Waals surface area (Å²) < 4.78 is 45.9. The van der Waals surface area contributed by atoms with Crippen LogP contribution in [0.3, 0.4) is 0 Å². The lowest BCUT2D eigenvalue weighted by molar-refractivity contribution is 0.415. The predicted molar refractivity (Wildman–Crippen MR) is 428 cm³/mol. The second-order valence-corrected chi connectivity index (χ2v) is 26.0. The first-order chi connectivity index (χ1) is 51.1. The van der Waals surface area contributed by atoms with Crippen molar-refractivity contribution in [3.63, 3.8) is 0 Å². The van der Waals surface area contributed by atoms with E-state index in [1.54, 1.807) is 56.9 Å². The van der Waals surface area contributed by atoms with Gasteiger partial charge in [-0.3, -0.25) is 0 Å². The Hall–Kier alpha value is -13.0. The second-order valence-electron chi connectivity index (χ2n) is 26.0. The highest BCUT2D eigenvalue weighted by Crippen LogP contribution is 2.52. The lowest BCUT2D eigenvalue weighted by Crippen LogP contribution is -1.96. The van der Waals surface area contributed by atoms with E-state index < -0.39 is 0 Å². The smallest absolute Gasteiger partial charge is 0.118 e. The normalized spacial score (nSPS) is 11.3. The van der Waals surface area contributed by atoms with E-state index in [1.165, 1.54) is 0 Å². The average Bonchev–Trinajstić information content (AvgIpc) is 0.705. The van der Waals surface area contributed by atoms with Gasteiger partial charge in [-0.2, -0.15) is 0 Å². The minimum absolute atomic E-state index is 0.787. The van der Waals surface area contributed by atoms with Gasteiger partial charge in [-0.25, -0.2) is 0 Å². The van der Waals surface area contributed by atoms with E-state index in [-0.39, 0.29) is 0 Å². The molecule has 0 N–H and O–H groups in total. The summed E-state index contributed by atoms with van der Waals surface area (Å²) in [6, 6.07) is 109. The molecule has 0 aliphatic heterocycles. The Balaban J connectivity index is 1.06. The van der Waals surface area contributed by atoms with Gasteiger partial charge in [0.25, 0.3) is 0 Å². The quantitative estimate of drug-likeness (QED) is 0.0699. The fourth-order valence-electron chi connectivity index (χ4n) is 14.7. The predicted octanol–water partition coefficient (Wildman–Crippen LogP) is 24.7. The summed E-state index contributed by atoms with van der Waals surface area (Å²) in [5.74, 6) is 6.30. The van der Waals surface area contributed by atoms with Gasteiger partial charge in [0.15, 0.2) is 0 Å². The molecule has 0 aliphatic carbocycles. The molecule has 506 valence electrons. The van der Waals surface area contributed by atoms with Gasteiger partial charge in [-0.05, 0) is 348 Å². The van der Waals surface area contributed by atoms with Gasteiger partial charge in [-0.1, -0.05) is 121 Å². The van der Waals surface area contributed by atoms with Crippen LogP contribution in [-0.2, 0) is 0 Å². The molecule has 0 bridgehead atoms. The van der Waals surface area contributed by atoms with Crippen molar-refractivity contribution < 1.29 is 37.9 Å². The van der Waals surface area contributed by atoms with E-state index in [9.17, 15) is 0 Å². The summed E-state index contributed by atoms with van der Waals surface area (Å²) in [6.45, 7) is 0. The maximum absolute atomic E-state index is 5.73. The summed E-state index contributed by atoms with van der Waals surface area (Å²) in [7, 11) is 13.7. The Morgan fingerprint density at radius 2 is 0.250 bits per heavy atom. The van der Waals surface area contributed by atoms with Crippen molar-refractivity contribution in [2.45, 2.75) is 0 Å². The molecule has 16 rings (SSSR count). The molecule has 0 aromatic heterocycles. The number of benzene rings is 16. The maximum atomic E-state index is 5.73. The van der Waals surface area contributed by atoms with Crippen molar-refractivity contribution in [2.75, 3.05) is 56.9 Å². The first kappa shape index (κ1) is 65.6. The van der Waals surface area contributed by atoms with Crippen LogP contribution in [0.25, 0.3) is 166 Å². The molecular formula is C96H74O8. The van der Waals surface area contributed by atoms with Crippen LogP contribution < -0.4 is 37.9 Å². The van der Waals surface area contributed by atoms with E-state index in [4.69, 9.17) is 37.9 Å². The third kappa shape index (κ3) is 12.7. The van der Waals surface area contributed by atoms with Gasteiger partial charge in [0.1, 0.15) is 46.0 Å². The molecule has 0 unspecified atom stereocenters. The molecule has 0 fully saturated rings. The number of ether oxygens (including phenoxy) is 8. The van der Waals surface area contributed by atoms with Crippen LogP contribution in [0.2, 0.25) is 0 Å². The topological polar surface area (TPSA) is 73.8 Å². The largest absolute Gasteiger partial charge is 0.497 e. The number of methoxy groups -OCH3 is 8. The maximum Gasteiger partial charge on any atom is 0.118 e. The molecule has 8 heteroatoms. The molecule has 0 saturated heterocycles. The second kappa shape index (κ2) is 28.2. The first-order valence-corrected chi connectivity index (χ1v) is 34.6. The molecule has 0 atom stereocenters. The molecule has 8 nitrogen and oxygen atoms in total. The Kier molecular flexibility index (Phi) is 17.8. The SMILES string of the molecule is COc1ccc(-c2cc(-c3ccc(OC)cc3)cc(-c3cc(-c4cc(-c5ccc(OC)cc5)cc(-c5ccc(OC)cc5)c4)c4ccc5c(-c6cc(-c7ccc(OC)cc7)cc(-c7ccc(OC)cc7)c6)cc(-c6cc(-c7ccc(OC)cc7)cc(-c7ccc(OC)cc7)c6)c6ccc3c4c65)c2)cc1. The highest BCUT2D eigenvalue weighted by molar-refractivity contribution is 6.32. The minimum Gasteiger partial charge on any atom is -0.497 e. The molecular weight excluding hydrogens is 1280 g/mol. The summed E-state index contributed by atoms with van der Waals surface area (Å²) in [5, 5.41) is 6.71. The fraction of sp³-hybridized carbons (Fsp3) is 0.0833. The van der Waals surface area contributed by atoms with E-state index in [0.717, 1.165) is 212 Å². The van der Waals surface area contributed by atoms with Crippen molar-refractivity contribution in [1.29, 1.82) is 0 Å². The molecule has 0 amide bonds. The number of hydrogen-bond donors (Lipinski definition) is 0. The highest BCUT2D eigenvalue weighted by Gasteiger charge is 2.25. The van der Waals surface area contributed by atoms with Gasteiger partial charge in [-0.15, -0.1) is 0 Å². The minimum atomic E-state index is 0.787. The van der Waals surface area contributed by atoms with E-state index in [0.29, 0.717) is 0 Å². The molecule has 0 aliphatic rings. The van der Waals surface area contributed by atoms with Gasteiger partial charge in [0.05, 0.1) is 56.9 Å². The zero-order valence-corrected chi connectivity index (χ0v) is 59.1. The monoisotopic (exact) mass is 1350 g/mol. The Morgan fingerprint density at radius 3 is 0.375 bits per heavy atom. The molecule has 16 aromatic rings. The Bertz CT molecular complexity index is 4830. The van der Waals surface area contributed by atoms with Crippen LogP contribution in [0, 0.1) is 0 Å². The lowest BCUT2D eigenvalue weighted by Gasteiger charge is -2.23. The Labute approximate surface area is 606 Å². The van der Waals surface area contributed by atoms with Crippen LogP contribution in [0.4, 0.5) is 0 Å². The fourth-order valence-corrected chi connectivity index (χ4v) is 14.7. The van der Waals surface area contributed by atoms with Crippen molar-refractivity contribution in [2.24, 2.45) is 0 Å². The lowest BCUT2D eigenvalue weighted by atomic mass is 9.80. The van der Waals surface area contributed by atoms with E-state index >= 15 is 0 Å². The third-order valence-corrected chi connectivity index (χ3v) is 20.3. The van der Waals surface area contributed by atoms with Crippen LogP contribution in [0.15, 0.2) is 303 Å². The number of hydrogen-bond acceptors (Lipinski definition) is 8. The van der Waals surface area contributed by atoms with E-state index in [2.05, 4.69) is 206 Å². The van der Waals surface area contributed by atoms with Crippen LogP contribution in [0.1, 0.15) is 0 Å². The van der Waals surface area contributed by atoms with Gasteiger partial charge in [0, 0.05) is 0 Å². The Morgan fingerprint density at radius 1 is 0.125 bits per heavy atom. The van der Waals surface area contributed by atoms with Crippen molar-refractivity contribution >= 4 is 32.3 Å². The molecule has 0 radical (unpaired) electrons. The summed E-state index contributed by atoms with van der Waals surface area (Å²) >= 11 is 0. The first-order valence-electron chi connectivity index (χ1n) is 34.6. The van der Waals surface area contributed by atoms with Crippen molar-refractivity contribution in [3.05, 3.63) is 303 Å². The van der Waals surface area contributed by atoms with Crippen molar-refractivity contribution in [1.82, 2.24) is 0 Å². The highest BCUT2D eigenvalue weighted by atomic mass is 16.5. The zero-order chi connectivity index (χ0) is 71.0. The summed E-state index contributed by atoms with van der Waals surface area (Å²) in [6.07, 6.45) is 0. The third-order valence-electron chi connectivity index (χ3n) is 20.3. The zero-order valence-electron chi connectivity index (χ0n) is 59.1. The van der Waals surface area contributed by atoms with Crippen molar-refractivity contribution in [3.8, 4) is 180 Å². The van der Waals surface area contributed by atoms with Gasteiger partial charge >= 0.3 is 0 Å². The molecule has 104 heavy (non-hydrogen) atoms. The van der Waals surface area contributed by atoms with Gasteiger partial charge < -0.3 is 37.9 Å². The van der Waals surface area contributed by atoms with Crippen LogP contribution >= 0.6 is 0 Å². The summed E-state index contributed by atoms with van der Waals surface area (Å²) in [5.41, 5.74) is 25.5. The molecule has 0 saturated carbocycles. The number of rotatable bonds is 20. The molecule has 16 aromatic carbocycles. The van der Waals surface area contributed by atoms with E-state index in [1.807, 2.05) is 97.1 Å². The standard InChI is InChI=1S/C96H74O8/c1-97-79-25-9-59(10-26-79)67-45-68(60-11-27-80(98-2)28-12-60)50-75(49-67)91-57-92(76-51-69(61-13-29-81(99-3)30-14-61)46-70(52-76)62-15-31-82(100-4)32-16-62)88-43-44-90-94(78-55-73(65-21-37-85(103-7)38-22-65)48-74(56-78)66-23-39-86(104-8)40-24-66)58-93(89-42-41-87(91)95(88)96(89)90)77-53-71(63-17-33-83(101-5)34-18-63)47-72(54-77)64-19-35-84(102-6)36-20-64/h9-58H,1-8H3. The molecule has 0 spiro atoms. The summed E-state index contributed by atoms with van der Waals surface area (Å²) in [4.78, 5) is 0.